The van der Waals surface area contributed by atoms with E-state index in [9.17, 15) is 4.79 Å². The molecule has 1 aliphatic rings. The average molecular weight is 274 g/mol. The topological polar surface area (TPSA) is 93.0 Å². The second kappa shape index (κ2) is 5.13. The molecule has 0 spiro atoms. The molecule has 2 heterocycles. The van der Waals surface area contributed by atoms with Crippen LogP contribution in [0.3, 0.4) is 0 Å². The van der Waals surface area contributed by atoms with Crippen LogP contribution in [0.25, 0.3) is 10.9 Å². The summed E-state index contributed by atoms with van der Waals surface area (Å²) in [5.74, 6) is 0.939. The van der Waals surface area contributed by atoms with Crippen LogP contribution in [0.4, 0.5) is 11.6 Å². The average Bonchev–Trinajstić information content (AvgIpc) is 2.83. The molecule has 6 nitrogen and oxygen atoms in total. The SMILES string of the molecule is CC1OCCC1CNc1nc2ccc(N)cc2c(=O)[nH]1. The monoisotopic (exact) mass is 274 g/mol. The lowest BCUT2D eigenvalue weighted by atomic mass is 10.0. The molecule has 4 N–H and O–H groups in total. The zero-order valence-electron chi connectivity index (χ0n) is 11.3. The lowest BCUT2D eigenvalue weighted by Gasteiger charge is -2.15. The molecule has 1 aromatic carbocycles. The molecule has 0 aliphatic carbocycles. The van der Waals surface area contributed by atoms with Gasteiger partial charge in [-0.05, 0) is 31.5 Å². The van der Waals surface area contributed by atoms with Gasteiger partial charge in [-0.15, -0.1) is 0 Å². The molecule has 0 bridgehead atoms. The molecule has 106 valence electrons. The molecule has 2 atom stereocenters. The molecule has 1 aliphatic heterocycles. The van der Waals surface area contributed by atoms with Crippen molar-refractivity contribution in [1.82, 2.24) is 9.97 Å². The molecule has 3 rings (SSSR count). The van der Waals surface area contributed by atoms with Crippen molar-refractivity contribution in [2.75, 3.05) is 24.2 Å². The van der Waals surface area contributed by atoms with Crippen LogP contribution < -0.4 is 16.6 Å². The zero-order chi connectivity index (χ0) is 14.1. The third-order valence-corrected chi connectivity index (χ3v) is 3.79. The predicted octanol–water partition coefficient (Wildman–Crippen LogP) is 1.34. The maximum atomic E-state index is 12.0. The fourth-order valence-electron chi connectivity index (χ4n) is 2.51. The van der Waals surface area contributed by atoms with Crippen LogP contribution in [0.2, 0.25) is 0 Å². The quantitative estimate of drug-likeness (QED) is 0.734. The molecule has 6 heteroatoms. The Morgan fingerprint density at radius 1 is 1.55 bits per heavy atom. The van der Waals surface area contributed by atoms with E-state index in [1.165, 1.54) is 0 Å². The largest absolute Gasteiger partial charge is 0.399 e. The maximum Gasteiger partial charge on any atom is 0.260 e. The second-order valence-corrected chi connectivity index (χ2v) is 5.20. The van der Waals surface area contributed by atoms with Crippen LogP contribution in [0.1, 0.15) is 13.3 Å². The van der Waals surface area contributed by atoms with Gasteiger partial charge in [0.15, 0.2) is 0 Å². The summed E-state index contributed by atoms with van der Waals surface area (Å²) in [6.45, 7) is 3.61. The van der Waals surface area contributed by atoms with E-state index < -0.39 is 0 Å². The van der Waals surface area contributed by atoms with Gasteiger partial charge < -0.3 is 15.8 Å². The standard InChI is InChI=1S/C14H18N4O2/c1-8-9(4-5-20-8)7-16-14-17-12-3-2-10(15)6-11(12)13(19)18-14/h2-3,6,8-9H,4-5,7,15H2,1H3,(H2,16,17,18,19). The number of ether oxygens (including phenoxy) is 1. The van der Waals surface area contributed by atoms with Gasteiger partial charge in [0.25, 0.3) is 5.56 Å². The van der Waals surface area contributed by atoms with E-state index in [1.54, 1.807) is 18.2 Å². The van der Waals surface area contributed by atoms with Crippen molar-refractivity contribution in [1.29, 1.82) is 0 Å². The van der Waals surface area contributed by atoms with Crippen molar-refractivity contribution in [2.24, 2.45) is 5.92 Å². The van der Waals surface area contributed by atoms with Crippen molar-refractivity contribution in [2.45, 2.75) is 19.4 Å². The highest BCUT2D eigenvalue weighted by atomic mass is 16.5. The summed E-state index contributed by atoms with van der Waals surface area (Å²) in [6.07, 6.45) is 1.28. The number of anilines is 2. The van der Waals surface area contributed by atoms with Gasteiger partial charge in [-0.1, -0.05) is 0 Å². The third-order valence-electron chi connectivity index (χ3n) is 3.79. The van der Waals surface area contributed by atoms with Crippen molar-refractivity contribution in [3.63, 3.8) is 0 Å². The van der Waals surface area contributed by atoms with E-state index in [0.29, 0.717) is 28.5 Å². The number of nitrogens with two attached hydrogens (primary N) is 1. The Bertz CT molecular complexity index is 682. The Hall–Kier alpha value is -2.08. The number of nitrogen functional groups attached to an aromatic ring is 1. The molecule has 0 saturated carbocycles. The third kappa shape index (κ3) is 2.46. The zero-order valence-corrected chi connectivity index (χ0v) is 11.3. The highest BCUT2D eigenvalue weighted by Gasteiger charge is 2.23. The summed E-state index contributed by atoms with van der Waals surface area (Å²) in [5, 5.41) is 3.69. The Kier molecular flexibility index (Phi) is 3.31. The van der Waals surface area contributed by atoms with Gasteiger partial charge in [0.1, 0.15) is 0 Å². The summed E-state index contributed by atoms with van der Waals surface area (Å²) in [6, 6.07) is 5.13. The molecule has 2 unspecified atom stereocenters. The van der Waals surface area contributed by atoms with E-state index in [2.05, 4.69) is 22.2 Å². The van der Waals surface area contributed by atoms with Crippen LogP contribution in [0.5, 0.6) is 0 Å². The molecule has 0 radical (unpaired) electrons. The first-order chi connectivity index (χ1) is 9.63. The number of hydrogen-bond donors (Lipinski definition) is 3. The van der Waals surface area contributed by atoms with Crippen molar-refractivity contribution in [3.05, 3.63) is 28.6 Å². The highest BCUT2D eigenvalue weighted by molar-refractivity contribution is 5.81. The van der Waals surface area contributed by atoms with Crippen LogP contribution >= 0.6 is 0 Å². The highest BCUT2D eigenvalue weighted by Crippen LogP contribution is 2.20. The minimum absolute atomic E-state index is 0.180. The number of nitrogens with zero attached hydrogens (tertiary/aromatic N) is 1. The van der Waals surface area contributed by atoms with Crippen LogP contribution in [0.15, 0.2) is 23.0 Å². The number of nitrogens with one attached hydrogen (secondary N) is 2. The smallest absolute Gasteiger partial charge is 0.260 e. The minimum atomic E-state index is -0.180. The molecule has 1 aromatic heterocycles. The molecular weight excluding hydrogens is 256 g/mol. The first kappa shape index (κ1) is 12.9. The molecular formula is C14H18N4O2. The molecule has 20 heavy (non-hydrogen) atoms. The lowest BCUT2D eigenvalue weighted by molar-refractivity contribution is 0.108. The van der Waals surface area contributed by atoms with Gasteiger partial charge in [-0.3, -0.25) is 9.78 Å². The maximum absolute atomic E-state index is 12.0. The van der Waals surface area contributed by atoms with E-state index in [1.807, 2.05) is 0 Å². The summed E-state index contributed by atoms with van der Waals surface area (Å²) in [5.41, 5.74) is 6.70. The fraction of sp³-hybridized carbons (Fsp3) is 0.429. The van der Waals surface area contributed by atoms with E-state index >= 15 is 0 Å². The van der Waals surface area contributed by atoms with E-state index in [-0.39, 0.29) is 11.7 Å². The lowest BCUT2D eigenvalue weighted by Crippen LogP contribution is -2.23. The van der Waals surface area contributed by atoms with Gasteiger partial charge >= 0.3 is 0 Å². The van der Waals surface area contributed by atoms with Crippen molar-refractivity contribution in [3.8, 4) is 0 Å². The summed E-state index contributed by atoms with van der Waals surface area (Å²) in [4.78, 5) is 19.1. The summed E-state index contributed by atoms with van der Waals surface area (Å²) < 4.78 is 5.51. The van der Waals surface area contributed by atoms with Gasteiger partial charge in [-0.2, -0.15) is 0 Å². The van der Waals surface area contributed by atoms with Crippen LogP contribution in [-0.2, 0) is 4.74 Å². The number of rotatable bonds is 3. The number of benzene rings is 1. The number of aromatic amines is 1. The van der Waals surface area contributed by atoms with Gasteiger partial charge in [0.05, 0.1) is 17.0 Å². The molecule has 1 fully saturated rings. The predicted molar refractivity (Wildman–Crippen MR) is 78.8 cm³/mol. The van der Waals surface area contributed by atoms with E-state index in [0.717, 1.165) is 19.6 Å². The van der Waals surface area contributed by atoms with Gasteiger partial charge in [0, 0.05) is 24.8 Å². The molecule has 1 saturated heterocycles. The Morgan fingerprint density at radius 2 is 2.40 bits per heavy atom. The molecule has 0 amide bonds. The normalized spacial score (nSPS) is 22.2. The van der Waals surface area contributed by atoms with Crippen molar-refractivity contribution >= 4 is 22.5 Å². The van der Waals surface area contributed by atoms with Gasteiger partial charge in [-0.25, -0.2) is 4.98 Å². The Labute approximate surface area is 116 Å². The number of fused-ring (bicyclic) bond motifs is 1. The number of hydrogen-bond acceptors (Lipinski definition) is 5. The van der Waals surface area contributed by atoms with Gasteiger partial charge in [0.2, 0.25) is 5.95 Å². The summed E-state index contributed by atoms with van der Waals surface area (Å²) in [7, 11) is 0. The fourth-order valence-corrected chi connectivity index (χ4v) is 2.51. The van der Waals surface area contributed by atoms with Crippen LogP contribution in [-0.4, -0.2) is 29.2 Å². The first-order valence-corrected chi connectivity index (χ1v) is 6.78. The first-order valence-electron chi connectivity index (χ1n) is 6.78. The second-order valence-electron chi connectivity index (χ2n) is 5.20. The number of H-pyrrole nitrogens is 1. The summed E-state index contributed by atoms with van der Waals surface area (Å²) >= 11 is 0. The van der Waals surface area contributed by atoms with E-state index in [4.69, 9.17) is 10.5 Å². The Morgan fingerprint density at radius 3 is 3.15 bits per heavy atom. The minimum Gasteiger partial charge on any atom is -0.399 e. The number of aromatic nitrogens is 2. The Balaban J connectivity index is 1.82. The van der Waals surface area contributed by atoms with Crippen LogP contribution in [0, 0.1) is 5.92 Å². The molecule has 2 aromatic rings. The van der Waals surface area contributed by atoms with Crippen molar-refractivity contribution < 1.29 is 4.74 Å².